The molecule has 30 heavy (non-hydrogen) atoms. The van der Waals surface area contributed by atoms with Gasteiger partial charge in [0.25, 0.3) is 5.91 Å². The molecule has 1 unspecified atom stereocenters. The van der Waals surface area contributed by atoms with E-state index in [9.17, 15) is 4.79 Å². The van der Waals surface area contributed by atoms with E-state index in [0.717, 1.165) is 23.0 Å². The van der Waals surface area contributed by atoms with Crippen molar-refractivity contribution in [1.82, 2.24) is 14.9 Å². The van der Waals surface area contributed by atoms with E-state index in [-0.39, 0.29) is 12.0 Å². The van der Waals surface area contributed by atoms with Gasteiger partial charge in [0.2, 0.25) is 5.88 Å². The van der Waals surface area contributed by atoms with Crippen LogP contribution in [-0.4, -0.2) is 60.7 Å². The fourth-order valence-corrected chi connectivity index (χ4v) is 3.70. The van der Waals surface area contributed by atoms with E-state index in [0.29, 0.717) is 36.9 Å². The monoisotopic (exact) mass is 406 g/mol. The number of nitrogens with zero attached hydrogens (tertiary/aromatic N) is 4. The van der Waals surface area contributed by atoms with Crippen LogP contribution in [0.5, 0.6) is 11.6 Å². The molecule has 7 nitrogen and oxygen atoms in total. The molecule has 1 atom stereocenters. The van der Waals surface area contributed by atoms with E-state index in [1.165, 1.54) is 0 Å². The van der Waals surface area contributed by atoms with Crippen molar-refractivity contribution in [3.8, 4) is 11.6 Å². The Morgan fingerprint density at radius 2 is 2.03 bits per heavy atom. The second-order valence-electron chi connectivity index (χ2n) is 7.48. The summed E-state index contributed by atoms with van der Waals surface area (Å²) < 4.78 is 11.8. The van der Waals surface area contributed by atoms with Gasteiger partial charge in [-0.3, -0.25) is 9.78 Å². The first-order valence-corrected chi connectivity index (χ1v) is 10.2. The Bertz CT molecular complexity index is 1050. The van der Waals surface area contributed by atoms with E-state index >= 15 is 0 Å². The summed E-state index contributed by atoms with van der Waals surface area (Å²) in [6.07, 6.45) is 3.92. The van der Waals surface area contributed by atoms with Crippen LogP contribution in [0.4, 0.5) is 5.82 Å². The van der Waals surface area contributed by atoms with Gasteiger partial charge in [-0.15, -0.1) is 0 Å². The first-order valence-electron chi connectivity index (χ1n) is 10.2. The highest BCUT2D eigenvalue weighted by molar-refractivity contribution is 6.09. The van der Waals surface area contributed by atoms with Crippen molar-refractivity contribution in [3.63, 3.8) is 0 Å². The smallest absolute Gasteiger partial charge is 0.258 e. The van der Waals surface area contributed by atoms with Gasteiger partial charge >= 0.3 is 0 Å². The molecule has 156 valence electrons. The van der Waals surface area contributed by atoms with Gasteiger partial charge < -0.3 is 19.3 Å². The lowest BCUT2D eigenvalue weighted by Crippen LogP contribution is -2.31. The van der Waals surface area contributed by atoms with Crippen LogP contribution >= 0.6 is 0 Å². The zero-order valence-electron chi connectivity index (χ0n) is 17.5. The third-order valence-electron chi connectivity index (χ3n) is 5.18. The molecular formula is C23H26N4O3. The molecule has 4 rings (SSSR count). The number of amides is 1. The van der Waals surface area contributed by atoms with Crippen molar-refractivity contribution >= 4 is 22.5 Å². The van der Waals surface area contributed by atoms with Crippen LogP contribution in [0.1, 0.15) is 23.7 Å². The second-order valence-corrected chi connectivity index (χ2v) is 7.48. The maximum atomic E-state index is 13.5. The molecule has 1 saturated heterocycles. The van der Waals surface area contributed by atoms with E-state index in [1.807, 2.05) is 67.2 Å². The normalized spacial score (nSPS) is 16.0. The second kappa shape index (κ2) is 8.57. The maximum absolute atomic E-state index is 13.5. The predicted molar refractivity (Wildman–Crippen MR) is 116 cm³/mol. The molecule has 3 aromatic rings. The Morgan fingerprint density at radius 3 is 2.83 bits per heavy atom. The number of ether oxygens (including phenoxy) is 2. The average Bonchev–Trinajstić information content (AvgIpc) is 3.22. The summed E-state index contributed by atoms with van der Waals surface area (Å²) in [6.45, 7) is 3.55. The third kappa shape index (κ3) is 4.01. The molecule has 1 aromatic heterocycles. The SMILES string of the molecule is CCOc1ccc2ccccc2c1C(=O)N1CCC(Oc2cncc(N(C)C)n2)C1. The molecule has 2 heterocycles. The minimum absolute atomic E-state index is 0.0329. The number of aromatic nitrogens is 2. The minimum Gasteiger partial charge on any atom is -0.493 e. The summed E-state index contributed by atoms with van der Waals surface area (Å²) in [7, 11) is 3.81. The quantitative estimate of drug-likeness (QED) is 0.625. The van der Waals surface area contributed by atoms with Crippen molar-refractivity contribution in [1.29, 1.82) is 0 Å². The van der Waals surface area contributed by atoms with Gasteiger partial charge in [0.15, 0.2) is 5.82 Å². The first-order chi connectivity index (χ1) is 14.6. The Labute approximate surface area is 176 Å². The number of hydrogen-bond donors (Lipinski definition) is 0. The van der Waals surface area contributed by atoms with Crippen LogP contribution < -0.4 is 14.4 Å². The lowest BCUT2D eigenvalue weighted by molar-refractivity contribution is 0.0769. The molecule has 0 bridgehead atoms. The summed E-state index contributed by atoms with van der Waals surface area (Å²) in [6, 6.07) is 11.8. The number of carbonyl (C=O) groups is 1. The molecular weight excluding hydrogens is 380 g/mol. The van der Waals surface area contributed by atoms with Gasteiger partial charge in [-0.05, 0) is 23.8 Å². The number of benzene rings is 2. The zero-order valence-corrected chi connectivity index (χ0v) is 17.5. The lowest BCUT2D eigenvalue weighted by atomic mass is 10.0. The highest BCUT2D eigenvalue weighted by atomic mass is 16.5. The van der Waals surface area contributed by atoms with Gasteiger partial charge in [0, 0.05) is 27.1 Å². The average molecular weight is 406 g/mol. The van der Waals surface area contributed by atoms with Gasteiger partial charge in [-0.25, -0.2) is 0 Å². The van der Waals surface area contributed by atoms with Crippen molar-refractivity contribution in [2.75, 3.05) is 38.7 Å². The zero-order chi connectivity index (χ0) is 21.1. The fourth-order valence-electron chi connectivity index (χ4n) is 3.70. The van der Waals surface area contributed by atoms with E-state index < -0.39 is 0 Å². The molecule has 7 heteroatoms. The van der Waals surface area contributed by atoms with E-state index in [4.69, 9.17) is 9.47 Å². The third-order valence-corrected chi connectivity index (χ3v) is 5.18. The van der Waals surface area contributed by atoms with Crippen LogP contribution in [0.15, 0.2) is 48.8 Å². The number of anilines is 1. The summed E-state index contributed by atoms with van der Waals surface area (Å²) in [5.41, 5.74) is 0.616. The Balaban J connectivity index is 1.54. The first kappa shape index (κ1) is 19.9. The summed E-state index contributed by atoms with van der Waals surface area (Å²) in [5.74, 6) is 1.79. The molecule has 0 radical (unpaired) electrons. The van der Waals surface area contributed by atoms with E-state index in [2.05, 4.69) is 9.97 Å². The molecule has 1 aliphatic heterocycles. The minimum atomic E-state index is -0.119. The van der Waals surface area contributed by atoms with Crippen LogP contribution in [-0.2, 0) is 0 Å². The van der Waals surface area contributed by atoms with Crippen molar-refractivity contribution < 1.29 is 14.3 Å². The molecule has 0 aliphatic carbocycles. The number of fused-ring (bicyclic) bond motifs is 1. The summed E-state index contributed by atoms with van der Waals surface area (Å²) in [4.78, 5) is 25.8. The van der Waals surface area contributed by atoms with Crippen molar-refractivity contribution in [2.24, 2.45) is 0 Å². The number of carbonyl (C=O) groups excluding carboxylic acids is 1. The van der Waals surface area contributed by atoms with Crippen LogP contribution in [0, 0.1) is 0 Å². The highest BCUT2D eigenvalue weighted by Gasteiger charge is 2.31. The van der Waals surface area contributed by atoms with Crippen molar-refractivity contribution in [2.45, 2.75) is 19.4 Å². The molecule has 1 amide bonds. The molecule has 1 aliphatic rings. The molecule has 0 N–H and O–H groups in total. The topological polar surface area (TPSA) is 67.8 Å². The number of rotatable bonds is 6. The lowest BCUT2D eigenvalue weighted by Gasteiger charge is -2.20. The summed E-state index contributed by atoms with van der Waals surface area (Å²) in [5, 5.41) is 1.93. The predicted octanol–water partition coefficient (Wildman–Crippen LogP) is 3.39. The van der Waals surface area contributed by atoms with E-state index in [1.54, 1.807) is 12.4 Å². The Hall–Kier alpha value is -3.35. The highest BCUT2D eigenvalue weighted by Crippen LogP contribution is 2.31. The molecule has 0 saturated carbocycles. The fraction of sp³-hybridized carbons (Fsp3) is 0.348. The van der Waals surface area contributed by atoms with Crippen molar-refractivity contribution in [3.05, 3.63) is 54.4 Å². The standard InChI is InChI=1S/C23H26N4O3/c1-4-29-19-10-9-16-7-5-6-8-18(16)22(19)23(28)27-12-11-17(15-27)30-21-14-24-13-20(25-21)26(2)3/h5-10,13-14,17H,4,11-12,15H2,1-3H3. The largest absolute Gasteiger partial charge is 0.493 e. The van der Waals surface area contributed by atoms with Gasteiger partial charge in [-0.1, -0.05) is 30.3 Å². The Morgan fingerprint density at radius 1 is 1.20 bits per heavy atom. The van der Waals surface area contributed by atoms with Crippen LogP contribution in [0.3, 0.4) is 0 Å². The maximum Gasteiger partial charge on any atom is 0.258 e. The van der Waals surface area contributed by atoms with Crippen LogP contribution in [0.2, 0.25) is 0 Å². The van der Waals surface area contributed by atoms with Crippen LogP contribution in [0.25, 0.3) is 10.8 Å². The van der Waals surface area contributed by atoms with Gasteiger partial charge in [0.05, 0.1) is 31.1 Å². The number of hydrogen-bond acceptors (Lipinski definition) is 6. The molecule has 1 fully saturated rings. The number of likely N-dealkylation sites (tertiary alicyclic amines) is 1. The Kier molecular flexibility index (Phi) is 5.70. The van der Waals surface area contributed by atoms with Gasteiger partial charge in [-0.2, -0.15) is 4.98 Å². The summed E-state index contributed by atoms with van der Waals surface area (Å²) >= 11 is 0. The van der Waals surface area contributed by atoms with Gasteiger partial charge in [0.1, 0.15) is 11.9 Å². The molecule has 2 aromatic carbocycles. The molecule has 0 spiro atoms.